The predicted molar refractivity (Wildman–Crippen MR) is 126 cm³/mol. The van der Waals surface area contributed by atoms with Gasteiger partial charge in [-0.15, -0.1) is 11.8 Å². The van der Waals surface area contributed by atoms with Crippen LogP contribution in [0.4, 0.5) is 0 Å². The summed E-state index contributed by atoms with van der Waals surface area (Å²) < 4.78 is 25.5. The van der Waals surface area contributed by atoms with Crippen molar-refractivity contribution in [3.05, 3.63) is 53.9 Å². The summed E-state index contributed by atoms with van der Waals surface area (Å²) in [5.74, 6) is -1.13. The second-order valence-corrected chi connectivity index (χ2v) is 11.0. The van der Waals surface area contributed by atoms with Gasteiger partial charge in [0.2, 0.25) is 0 Å². The monoisotopic (exact) mass is 492 g/mol. The van der Waals surface area contributed by atoms with E-state index in [0.29, 0.717) is 16.2 Å². The van der Waals surface area contributed by atoms with Crippen LogP contribution in [0.2, 0.25) is 0 Å². The Kier molecular flexibility index (Phi) is 7.81. The van der Waals surface area contributed by atoms with Crippen LogP contribution in [0, 0.1) is 0 Å². The van der Waals surface area contributed by atoms with Gasteiger partial charge in [0.25, 0.3) is 5.91 Å². The summed E-state index contributed by atoms with van der Waals surface area (Å²) in [6.07, 6.45) is 3.36. The van der Waals surface area contributed by atoms with Crippen LogP contribution < -0.4 is 0 Å². The normalized spacial score (nSPS) is 21.4. The van der Waals surface area contributed by atoms with E-state index < -0.39 is 40.3 Å². The number of hydrogen-bond donors (Lipinski definition) is 0. The number of nitrogens with zero attached hydrogens (tertiary/aromatic N) is 2. The first-order chi connectivity index (χ1) is 15.5. The first kappa shape index (κ1) is 25.2. The number of carbonyl (C=O) groups is 3. The zero-order chi connectivity index (χ0) is 24.3. The summed E-state index contributed by atoms with van der Waals surface area (Å²) in [5.41, 5.74) is -0.160. The number of carbonyl (C=O) groups excluding carboxylic acids is 3. The van der Waals surface area contributed by atoms with Crippen LogP contribution in [0.3, 0.4) is 0 Å². The molecule has 2 heterocycles. The molecule has 2 aliphatic heterocycles. The van der Waals surface area contributed by atoms with E-state index >= 15 is 0 Å². The average Bonchev–Trinajstić information content (AvgIpc) is 2.75. The zero-order valence-corrected chi connectivity index (χ0v) is 20.9. The van der Waals surface area contributed by atoms with Gasteiger partial charge in [-0.3, -0.25) is 14.5 Å². The molecule has 1 saturated heterocycles. The van der Waals surface area contributed by atoms with Gasteiger partial charge in [-0.25, -0.2) is 4.79 Å². The van der Waals surface area contributed by atoms with Gasteiger partial charge in [-0.1, -0.05) is 24.3 Å². The van der Waals surface area contributed by atoms with Crippen molar-refractivity contribution < 1.29 is 28.4 Å². The molecule has 1 aromatic rings. The Bertz CT molecular complexity index is 973. The van der Waals surface area contributed by atoms with Crippen LogP contribution in [-0.4, -0.2) is 61.0 Å². The molecule has 10 heteroatoms. The van der Waals surface area contributed by atoms with Crippen LogP contribution in [0.25, 0.3) is 0 Å². The van der Waals surface area contributed by atoms with Crippen molar-refractivity contribution in [2.75, 3.05) is 12.4 Å². The quantitative estimate of drug-likeness (QED) is 0.325. The lowest BCUT2D eigenvalue weighted by molar-refractivity contribution is -0.159. The van der Waals surface area contributed by atoms with Crippen molar-refractivity contribution in [2.24, 2.45) is 0 Å². The van der Waals surface area contributed by atoms with Crippen molar-refractivity contribution in [3.63, 3.8) is 0 Å². The molecule has 3 atom stereocenters. The number of thioether (sulfide) groups is 1. The number of allylic oxidation sites excluding steroid dienone is 1. The number of rotatable bonds is 7. The highest BCUT2D eigenvalue weighted by Crippen LogP contribution is 2.44. The lowest BCUT2D eigenvalue weighted by atomic mass is 10.0. The second kappa shape index (κ2) is 10.2. The molecule has 0 aromatic heterocycles. The molecular formula is C23H28N2O6S2. The summed E-state index contributed by atoms with van der Waals surface area (Å²) in [6, 6.07) is 8.16. The Hall–Kier alpha value is -2.43. The third kappa shape index (κ3) is 5.56. The predicted octanol–water partition coefficient (Wildman–Crippen LogP) is 2.99. The van der Waals surface area contributed by atoms with Gasteiger partial charge in [-0.2, -0.15) is 4.31 Å². The molecule has 8 nitrogen and oxygen atoms in total. The maximum absolute atomic E-state index is 13.4. The third-order valence-electron chi connectivity index (χ3n) is 4.77. The highest BCUT2D eigenvalue weighted by atomic mass is 32.2. The molecule has 0 spiro atoms. The van der Waals surface area contributed by atoms with Gasteiger partial charge >= 0.3 is 11.9 Å². The summed E-state index contributed by atoms with van der Waals surface area (Å²) in [4.78, 5) is 39.7. The number of fused-ring (bicyclic) bond motifs is 1. The van der Waals surface area contributed by atoms with Crippen molar-refractivity contribution in [1.29, 1.82) is 0 Å². The summed E-state index contributed by atoms with van der Waals surface area (Å²) >= 11 is -0.179. The summed E-state index contributed by atoms with van der Waals surface area (Å²) in [5, 5.41) is -0.440. The molecule has 3 rings (SSSR count). The van der Waals surface area contributed by atoms with E-state index in [1.165, 1.54) is 27.9 Å². The van der Waals surface area contributed by atoms with Crippen molar-refractivity contribution in [1.82, 2.24) is 9.21 Å². The van der Waals surface area contributed by atoms with Crippen LogP contribution >= 0.6 is 11.8 Å². The highest BCUT2D eigenvalue weighted by molar-refractivity contribution is 8.00. The second-order valence-electron chi connectivity index (χ2n) is 8.49. The molecule has 0 saturated carbocycles. The standard InChI is InChI=1S/C23H28N2O6S2/c1-6-12-24(33(29)17-10-8-7-9-11-17)19-20(27)25-18(22(28)31-23(3,4)5)16(13-30-15(2)26)14-32-21(19)25/h6-12,19,21H,13-14H2,1-5H3/b12-6-/t19-,21-,33?/m1/s1. The van der Waals surface area contributed by atoms with Crippen molar-refractivity contribution in [3.8, 4) is 0 Å². The molecule has 0 N–H and O–H groups in total. The van der Waals surface area contributed by atoms with E-state index in [1.54, 1.807) is 64.2 Å². The van der Waals surface area contributed by atoms with Gasteiger partial charge in [0.05, 0.1) is 0 Å². The molecule has 1 unspecified atom stereocenters. The number of β-lactam (4-membered cyclic amide) rings is 1. The van der Waals surface area contributed by atoms with Gasteiger partial charge in [0.15, 0.2) is 10.9 Å². The number of amides is 1. The van der Waals surface area contributed by atoms with E-state index in [-0.39, 0.29) is 18.2 Å². The first-order valence-corrected chi connectivity index (χ1v) is 12.6. The molecule has 0 aliphatic carbocycles. The maximum atomic E-state index is 13.4. The van der Waals surface area contributed by atoms with Crippen molar-refractivity contribution >= 4 is 41.0 Å². The first-order valence-electron chi connectivity index (χ1n) is 10.5. The Morgan fingerprint density at radius 2 is 1.97 bits per heavy atom. The molecule has 2 aliphatic rings. The molecule has 1 aromatic carbocycles. The Labute approximate surface area is 201 Å². The molecule has 1 amide bonds. The van der Waals surface area contributed by atoms with Crippen LogP contribution in [0.5, 0.6) is 0 Å². The van der Waals surface area contributed by atoms with Gasteiger partial charge in [0.1, 0.15) is 34.6 Å². The van der Waals surface area contributed by atoms with Gasteiger partial charge in [-0.05, 0) is 39.8 Å². The summed E-state index contributed by atoms with van der Waals surface area (Å²) in [7, 11) is 0. The van der Waals surface area contributed by atoms with E-state index in [4.69, 9.17) is 9.47 Å². The van der Waals surface area contributed by atoms with E-state index in [2.05, 4.69) is 0 Å². The Morgan fingerprint density at radius 1 is 1.30 bits per heavy atom. The minimum absolute atomic E-state index is 0.0992. The number of hydrogen-bond acceptors (Lipinski definition) is 8. The molecular weight excluding hydrogens is 464 g/mol. The van der Waals surface area contributed by atoms with E-state index in [1.807, 2.05) is 6.07 Å². The maximum Gasteiger partial charge on any atom is 0.355 e. The SMILES string of the molecule is C/C=C\N([C@@H]1C(=O)N2C(C(=O)OC(C)(C)C)=C(COC(C)=O)CS[C@H]12)[S+]([O-])c1ccccc1. The highest BCUT2D eigenvalue weighted by Gasteiger charge is 2.59. The Balaban J connectivity index is 1.93. The number of benzene rings is 1. The minimum Gasteiger partial charge on any atom is -0.588 e. The molecule has 178 valence electrons. The molecule has 0 bridgehead atoms. The number of esters is 2. The molecule has 33 heavy (non-hydrogen) atoms. The fraction of sp³-hybridized carbons (Fsp3) is 0.435. The summed E-state index contributed by atoms with van der Waals surface area (Å²) in [6.45, 7) is 8.18. The molecule has 0 radical (unpaired) electrons. The fourth-order valence-corrected chi connectivity index (χ4v) is 6.17. The third-order valence-corrected chi connectivity index (χ3v) is 7.50. The lowest BCUT2D eigenvalue weighted by Gasteiger charge is -2.51. The van der Waals surface area contributed by atoms with Gasteiger partial charge in [0, 0.05) is 24.4 Å². The van der Waals surface area contributed by atoms with Crippen LogP contribution in [0.15, 0.2) is 58.8 Å². The largest absolute Gasteiger partial charge is 0.588 e. The van der Waals surface area contributed by atoms with E-state index in [0.717, 1.165) is 0 Å². The number of ether oxygens (including phenoxy) is 2. The fourth-order valence-electron chi connectivity index (χ4n) is 3.44. The zero-order valence-electron chi connectivity index (χ0n) is 19.3. The lowest BCUT2D eigenvalue weighted by Crippen LogP contribution is -2.70. The van der Waals surface area contributed by atoms with Crippen LogP contribution in [-0.2, 0) is 35.2 Å². The van der Waals surface area contributed by atoms with Crippen molar-refractivity contribution in [2.45, 2.75) is 56.5 Å². The molecule has 1 fully saturated rings. The topological polar surface area (TPSA) is 99.2 Å². The minimum atomic E-state index is -1.61. The van der Waals surface area contributed by atoms with Gasteiger partial charge < -0.3 is 14.0 Å². The van der Waals surface area contributed by atoms with Crippen LogP contribution in [0.1, 0.15) is 34.6 Å². The Morgan fingerprint density at radius 3 is 2.55 bits per heavy atom. The van der Waals surface area contributed by atoms with E-state index in [9.17, 15) is 18.9 Å². The smallest absolute Gasteiger partial charge is 0.355 e. The average molecular weight is 493 g/mol.